The molecule has 7 nitrogen and oxygen atoms in total. The van der Waals surface area contributed by atoms with Crippen molar-refractivity contribution in [2.24, 2.45) is 0 Å². The molecule has 0 heterocycles. The summed E-state index contributed by atoms with van der Waals surface area (Å²) in [4.78, 5) is 11.6. The van der Waals surface area contributed by atoms with Crippen LogP contribution in [0.3, 0.4) is 0 Å². The quantitative estimate of drug-likeness (QED) is 0.729. The van der Waals surface area contributed by atoms with E-state index in [9.17, 15) is 13.2 Å². The van der Waals surface area contributed by atoms with Gasteiger partial charge in [0.2, 0.25) is 10.0 Å². The molecular weight excluding hydrogens is 356 g/mol. The lowest BCUT2D eigenvalue weighted by molar-refractivity contribution is -0.126. The highest BCUT2D eigenvalue weighted by Crippen LogP contribution is 2.20. The van der Waals surface area contributed by atoms with E-state index >= 15 is 0 Å². The summed E-state index contributed by atoms with van der Waals surface area (Å²) in [6, 6.07) is 13.1. The number of hydrogen-bond acceptors (Lipinski definition) is 5. The van der Waals surface area contributed by atoms with E-state index < -0.39 is 16.1 Å². The van der Waals surface area contributed by atoms with Crippen LogP contribution in [0.5, 0.6) is 11.5 Å². The minimum atomic E-state index is -3.69. The molecule has 26 heavy (non-hydrogen) atoms. The van der Waals surface area contributed by atoms with E-state index in [4.69, 9.17) is 9.47 Å². The molecule has 2 aromatic rings. The largest absolute Gasteiger partial charge is 0.496 e. The van der Waals surface area contributed by atoms with Crippen LogP contribution >= 0.6 is 0 Å². The van der Waals surface area contributed by atoms with Crippen molar-refractivity contribution in [3.63, 3.8) is 0 Å². The number of carbonyl (C=O) groups is 1. The first-order chi connectivity index (χ1) is 12.4. The van der Waals surface area contributed by atoms with Crippen molar-refractivity contribution in [2.75, 3.05) is 14.2 Å². The van der Waals surface area contributed by atoms with E-state index in [-0.39, 0.29) is 17.3 Å². The fraction of sp³-hybridized carbons (Fsp3) is 0.278. The topological polar surface area (TPSA) is 93.7 Å². The molecule has 2 aromatic carbocycles. The molecule has 0 saturated carbocycles. The van der Waals surface area contributed by atoms with Gasteiger partial charge in [-0.3, -0.25) is 4.79 Å². The van der Waals surface area contributed by atoms with Crippen molar-refractivity contribution in [1.82, 2.24) is 10.0 Å². The van der Waals surface area contributed by atoms with Crippen molar-refractivity contribution >= 4 is 15.9 Å². The van der Waals surface area contributed by atoms with Crippen molar-refractivity contribution in [1.29, 1.82) is 0 Å². The smallest absolute Gasteiger partial charge is 0.260 e. The van der Waals surface area contributed by atoms with Crippen LogP contribution < -0.4 is 19.5 Å². The van der Waals surface area contributed by atoms with Crippen molar-refractivity contribution in [3.8, 4) is 11.5 Å². The first kappa shape index (κ1) is 19.7. The average Bonchev–Trinajstić information content (AvgIpc) is 2.66. The SMILES string of the molecule is CNC(=O)[C@H](C)Oc1ccc(S(=O)(=O)NCc2ccccc2OC)cc1. The molecule has 1 atom stereocenters. The van der Waals surface area contributed by atoms with Crippen LogP contribution in [0, 0.1) is 0 Å². The van der Waals surface area contributed by atoms with E-state index in [1.165, 1.54) is 38.4 Å². The van der Waals surface area contributed by atoms with Crippen LogP contribution in [0.2, 0.25) is 0 Å². The molecule has 8 heteroatoms. The fourth-order valence-electron chi connectivity index (χ4n) is 2.26. The van der Waals surface area contributed by atoms with Crippen LogP contribution in [-0.2, 0) is 21.4 Å². The molecule has 140 valence electrons. The van der Waals surface area contributed by atoms with Gasteiger partial charge >= 0.3 is 0 Å². The van der Waals surface area contributed by atoms with Crippen LogP contribution in [-0.4, -0.2) is 34.6 Å². The number of methoxy groups -OCH3 is 1. The number of sulfonamides is 1. The third-order valence-corrected chi connectivity index (χ3v) is 5.12. The molecule has 0 fully saturated rings. The summed E-state index contributed by atoms with van der Waals surface area (Å²) in [6.45, 7) is 1.72. The monoisotopic (exact) mass is 378 g/mol. The van der Waals surface area contributed by atoms with Gasteiger partial charge in [-0.1, -0.05) is 18.2 Å². The van der Waals surface area contributed by atoms with Gasteiger partial charge in [-0.15, -0.1) is 0 Å². The van der Waals surface area contributed by atoms with Crippen LogP contribution in [0.4, 0.5) is 0 Å². The Morgan fingerprint density at radius 3 is 2.38 bits per heavy atom. The van der Waals surface area contributed by atoms with Crippen LogP contribution in [0.1, 0.15) is 12.5 Å². The second-order valence-electron chi connectivity index (χ2n) is 5.48. The van der Waals surface area contributed by atoms with Gasteiger partial charge in [-0.25, -0.2) is 13.1 Å². The van der Waals surface area contributed by atoms with E-state index in [2.05, 4.69) is 10.0 Å². The highest BCUT2D eigenvalue weighted by atomic mass is 32.2. The van der Waals surface area contributed by atoms with Crippen molar-refractivity contribution < 1.29 is 22.7 Å². The van der Waals surface area contributed by atoms with Gasteiger partial charge in [0.25, 0.3) is 5.91 Å². The van der Waals surface area contributed by atoms with Gasteiger partial charge < -0.3 is 14.8 Å². The van der Waals surface area contributed by atoms with E-state index in [0.717, 1.165) is 5.56 Å². The first-order valence-electron chi connectivity index (χ1n) is 7.97. The summed E-state index contributed by atoms with van der Waals surface area (Å²) >= 11 is 0. The zero-order valence-corrected chi connectivity index (χ0v) is 15.7. The molecule has 1 amide bonds. The number of ether oxygens (including phenoxy) is 2. The molecule has 0 unspecified atom stereocenters. The molecule has 0 bridgehead atoms. The van der Waals surface area contributed by atoms with Gasteiger partial charge in [-0.05, 0) is 37.3 Å². The predicted molar refractivity (Wildman–Crippen MR) is 97.6 cm³/mol. The number of carbonyl (C=O) groups excluding carboxylic acids is 1. The number of rotatable bonds is 8. The third-order valence-electron chi connectivity index (χ3n) is 3.71. The third kappa shape index (κ3) is 4.96. The molecule has 0 radical (unpaired) electrons. The molecule has 0 saturated heterocycles. The summed E-state index contributed by atoms with van der Waals surface area (Å²) in [5.74, 6) is 0.757. The Morgan fingerprint density at radius 2 is 1.77 bits per heavy atom. The molecular formula is C18H22N2O5S. The maximum Gasteiger partial charge on any atom is 0.260 e. The lowest BCUT2D eigenvalue weighted by Gasteiger charge is -2.14. The lowest BCUT2D eigenvalue weighted by Crippen LogP contribution is -2.33. The molecule has 0 aliphatic rings. The van der Waals surface area contributed by atoms with Gasteiger partial charge in [0.1, 0.15) is 11.5 Å². The Bertz CT molecular complexity index is 850. The Balaban J connectivity index is 2.06. The van der Waals surface area contributed by atoms with Gasteiger partial charge in [0, 0.05) is 19.2 Å². The maximum absolute atomic E-state index is 12.4. The lowest BCUT2D eigenvalue weighted by atomic mass is 10.2. The van der Waals surface area contributed by atoms with Gasteiger partial charge in [-0.2, -0.15) is 0 Å². The number of benzene rings is 2. The number of nitrogens with one attached hydrogen (secondary N) is 2. The maximum atomic E-state index is 12.4. The molecule has 0 aromatic heterocycles. The minimum absolute atomic E-state index is 0.104. The highest BCUT2D eigenvalue weighted by molar-refractivity contribution is 7.89. The predicted octanol–water partition coefficient (Wildman–Crippen LogP) is 1.69. The average molecular weight is 378 g/mol. The van der Waals surface area contributed by atoms with E-state index in [1.807, 2.05) is 12.1 Å². The number of likely N-dealkylation sites (N-methyl/N-ethyl adjacent to an activating group) is 1. The van der Waals surface area contributed by atoms with Gasteiger partial charge in [0.15, 0.2) is 6.10 Å². The van der Waals surface area contributed by atoms with Crippen molar-refractivity contribution in [2.45, 2.75) is 24.5 Å². The molecule has 0 aliphatic carbocycles. The summed E-state index contributed by atoms with van der Waals surface area (Å²) in [5.41, 5.74) is 0.734. The second-order valence-corrected chi connectivity index (χ2v) is 7.25. The minimum Gasteiger partial charge on any atom is -0.496 e. The number of amides is 1. The molecule has 0 spiro atoms. The normalized spacial score (nSPS) is 12.3. The fourth-order valence-corrected chi connectivity index (χ4v) is 3.27. The molecule has 2 N–H and O–H groups in total. The highest BCUT2D eigenvalue weighted by Gasteiger charge is 2.16. The second kappa shape index (κ2) is 8.68. The zero-order chi connectivity index (χ0) is 19.2. The summed E-state index contributed by atoms with van der Waals surface area (Å²) in [7, 11) is -0.637. The van der Waals surface area contributed by atoms with E-state index in [1.54, 1.807) is 19.1 Å². The summed E-state index contributed by atoms with van der Waals surface area (Å²) in [5, 5.41) is 2.48. The van der Waals surface area contributed by atoms with Crippen LogP contribution in [0.15, 0.2) is 53.4 Å². The Hall–Kier alpha value is -2.58. The van der Waals surface area contributed by atoms with Crippen molar-refractivity contribution in [3.05, 3.63) is 54.1 Å². The Labute approximate surface area is 153 Å². The number of para-hydroxylation sites is 1. The van der Waals surface area contributed by atoms with Crippen LogP contribution in [0.25, 0.3) is 0 Å². The van der Waals surface area contributed by atoms with Gasteiger partial charge in [0.05, 0.1) is 12.0 Å². The van der Waals surface area contributed by atoms with E-state index in [0.29, 0.717) is 11.5 Å². The molecule has 0 aliphatic heterocycles. The first-order valence-corrected chi connectivity index (χ1v) is 9.45. The Morgan fingerprint density at radius 1 is 1.12 bits per heavy atom. The number of hydrogen-bond donors (Lipinski definition) is 2. The summed E-state index contributed by atoms with van der Waals surface area (Å²) in [6.07, 6.45) is -0.675. The zero-order valence-electron chi connectivity index (χ0n) is 14.9. The molecule has 2 rings (SSSR count). The summed E-state index contributed by atoms with van der Waals surface area (Å²) < 4.78 is 38.1. The Kier molecular flexibility index (Phi) is 6.59. The standard InChI is InChI=1S/C18H22N2O5S/c1-13(18(21)19-2)25-15-8-10-16(11-9-15)26(22,23)20-12-14-6-4-5-7-17(14)24-3/h4-11,13,20H,12H2,1-3H3,(H,19,21)/t13-/m0/s1.